The Bertz CT molecular complexity index is 497. The summed E-state index contributed by atoms with van der Waals surface area (Å²) in [7, 11) is 0. The highest BCUT2D eigenvalue weighted by Crippen LogP contribution is 2.24. The number of furan rings is 2. The fraction of sp³-hybridized carbons (Fsp3) is 0. The van der Waals surface area contributed by atoms with Gasteiger partial charge in [-0.25, -0.2) is 9.59 Å². The third kappa shape index (κ3) is 1.68. The van der Waals surface area contributed by atoms with E-state index in [0.717, 1.165) is 12.5 Å². The molecule has 2 aromatic rings. The van der Waals surface area contributed by atoms with Crippen LogP contribution in [-0.4, -0.2) is 22.2 Å². The Labute approximate surface area is 88.7 Å². The summed E-state index contributed by atoms with van der Waals surface area (Å²) in [6, 6.07) is 2.51. The van der Waals surface area contributed by atoms with Gasteiger partial charge in [0.05, 0.1) is 11.1 Å². The zero-order chi connectivity index (χ0) is 11.7. The van der Waals surface area contributed by atoms with E-state index in [2.05, 4.69) is 0 Å². The number of aromatic carboxylic acids is 2. The van der Waals surface area contributed by atoms with E-state index in [4.69, 9.17) is 19.0 Å². The van der Waals surface area contributed by atoms with Crippen LogP contribution in [0.4, 0.5) is 0 Å². The van der Waals surface area contributed by atoms with Crippen molar-refractivity contribution in [3.05, 3.63) is 35.8 Å². The van der Waals surface area contributed by atoms with Gasteiger partial charge in [-0.15, -0.1) is 0 Å². The van der Waals surface area contributed by atoms with Gasteiger partial charge in [0.15, 0.2) is 11.5 Å². The molecule has 0 amide bonds. The molecule has 0 aromatic carbocycles. The first-order valence-electron chi connectivity index (χ1n) is 4.22. The molecule has 82 valence electrons. The van der Waals surface area contributed by atoms with Crippen molar-refractivity contribution in [1.29, 1.82) is 0 Å². The zero-order valence-corrected chi connectivity index (χ0v) is 7.84. The Morgan fingerprint density at radius 2 is 1.25 bits per heavy atom. The topological polar surface area (TPSA) is 101 Å². The van der Waals surface area contributed by atoms with Gasteiger partial charge < -0.3 is 19.0 Å². The summed E-state index contributed by atoms with van der Waals surface area (Å²) in [5.41, 5.74) is -0.0495. The van der Waals surface area contributed by atoms with E-state index in [1.165, 1.54) is 12.1 Å². The third-order valence-electron chi connectivity index (χ3n) is 1.94. The van der Waals surface area contributed by atoms with Crippen molar-refractivity contribution in [2.24, 2.45) is 0 Å². The number of carboxylic acids is 2. The summed E-state index contributed by atoms with van der Waals surface area (Å²) >= 11 is 0. The quantitative estimate of drug-likeness (QED) is 0.822. The van der Waals surface area contributed by atoms with Crippen LogP contribution in [0.2, 0.25) is 0 Å². The fourth-order valence-electron chi connectivity index (χ4n) is 1.16. The molecule has 0 aliphatic carbocycles. The molecule has 6 heteroatoms. The average molecular weight is 222 g/mol. The molecule has 0 aliphatic rings. The summed E-state index contributed by atoms with van der Waals surface area (Å²) < 4.78 is 9.88. The summed E-state index contributed by atoms with van der Waals surface area (Å²) in [5.74, 6) is -1.91. The lowest BCUT2D eigenvalue weighted by Gasteiger charge is -1.85. The standard InChI is InChI=1S/C10H6O6/c11-9(12)5-1-7(15-3-5)8-2-6(4-16-8)10(13)14/h1-4H,(H,11,12)(H,13,14). The maximum Gasteiger partial charge on any atom is 0.338 e. The first kappa shape index (κ1) is 10.0. The number of hydrogen-bond acceptors (Lipinski definition) is 4. The van der Waals surface area contributed by atoms with Gasteiger partial charge in [0, 0.05) is 12.1 Å². The summed E-state index contributed by atoms with van der Waals surface area (Å²) in [6.45, 7) is 0. The van der Waals surface area contributed by atoms with Crippen molar-refractivity contribution in [2.75, 3.05) is 0 Å². The molecule has 0 fully saturated rings. The molecule has 2 aromatic heterocycles. The molecule has 2 heterocycles. The highest BCUT2D eigenvalue weighted by molar-refractivity contribution is 5.90. The predicted molar refractivity (Wildman–Crippen MR) is 50.3 cm³/mol. The molecule has 6 nitrogen and oxygen atoms in total. The van der Waals surface area contributed by atoms with Crippen LogP contribution in [0.1, 0.15) is 20.7 Å². The van der Waals surface area contributed by atoms with Crippen molar-refractivity contribution in [3.63, 3.8) is 0 Å². The lowest BCUT2D eigenvalue weighted by molar-refractivity contribution is 0.0685. The van der Waals surface area contributed by atoms with Gasteiger partial charge in [0.25, 0.3) is 0 Å². The number of carboxylic acid groups (broad SMARTS) is 2. The first-order chi connectivity index (χ1) is 7.58. The van der Waals surface area contributed by atoms with Gasteiger partial charge in [0.1, 0.15) is 12.5 Å². The molecule has 2 rings (SSSR count). The Morgan fingerprint density at radius 3 is 1.50 bits per heavy atom. The normalized spacial score (nSPS) is 10.2. The molecular formula is C10H6O6. The van der Waals surface area contributed by atoms with E-state index >= 15 is 0 Å². The highest BCUT2D eigenvalue weighted by atomic mass is 16.4. The van der Waals surface area contributed by atoms with Crippen molar-refractivity contribution >= 4 is 11.9 Å². The number of rotatable bonds is 3. The van der Waals surface area contributed by atoms with E-state index in [1.54, 1.807) is 0 Å². The van der Waals surface area contributed by atoms with Crippen LogP contribution in [-0.2, 0) is 0 Å². The number of hydrogen-bond donors (Lipinski definition) is 2. The van der Waals surface area contributed by atoms with Crippen LogP contribution in [0.5, 0.6) is 0 Å². The van der Waals surface area contributed by atoms with Gasteiger partial charge in [0.2, 0.25) is 0 Å². The Hall–Kier alpha value is -2.50. The Kier molecular flexibility index (Phi) is 2.24. The van der Waals surface area contributed by atoms with Crippen LogP contribution in [0, 0.1) is 0 Å². The van der Waals surface area contributed by atoms with Crippen molar-refractivity contribution in [1.82, 2.24) is 0 Å². The minimum Gasteiger partial charge on any atom is -0.478 e. The molecule has 0 aliphatic heterocycles. The molecule has 16 heavy (non-hydrogen) atoms. The van der Waals surface area contributed by atoms with Crippen molar-refractivity contribution in [2.45, 2.75) is 0 Å². The van der Waals surface area contributed by atoms with E-state index in [1.807, 2.05) is 0 Å². The van der Waals surface area contributed by atoms with Gasteiger partial charge in [-0.3, -0.25) is 0 Å². The molecular weight excluding hydrogens is 216 g/mol. The van der Waals surface area contributed by atoms with E-state index in [0.29, 0.717) is 0 Å². The zero-order valence-electron chi connectivity index (χ0n) is 7.84. The largest absolute Gasteiger partial charge is 0.478 e. The Morgan fingerprint density at radius 1 is 0.875 bits per heavy atom. The average Bonchev–Trinajstić information content (AvgIpc) is 2.86. The summed E-state index contributed by atoms with van der Waals surface area (Å²) in [4.78, 5) is 21.1. The van der Waals surface area contributed by atoms with Crippen LogP contribution in [0.3, 0.4) is 0 Å². The van der Waals surface area contributed by atoms with Crippen LogP contribution in [0.15, 0.2) is 33.5 Å². The Balaban J connectivity index is 2.35. The minimum absolute atomic E-state index is 0.0247. The maximum atomic E-state index is 10.6. The van der Waals surface area contributed by atoms with E-state index in [9.17, 15) is 9.59 Å². The van der Waals surface area contributed by atoms with Crippen molar-refractivity contribution < 1.29 is 28.6 Å². The molecule has 0 saturated heterocycles. The van der Waals surface area contributed by atoms with Crippen LogP contribution in [0.25, 0.3) is 11.5 Å². The summed E-state index contributed by atoms with van der Waals surface area (Å²) in [5, 5.41) is 17.3. The minimum atomic E-state index is -1.12. The van der Waals surface area contributed by atoms with E-state index < -0.39 is 11.9 Å². The smallest absolute Gasteiger partial charge is 0.338 e. The highest BCUT2D eigenvalue weighted by Gasteiger charge is 2.15. The lowest BCUT2D eigenvalue weighted by atomic mass is 10.2. The SMILES string of the molecule is O=C(O)c1coc(-c2cc(C(=O)O)co2)c1. The molecule has 0 radical (unpaired) electrons. The van der Waals surface area contributed by atoms with Gasteiger partial charge >= 0.3 is 11.9 Å². The van der Waals surface area contributed by atoms with Gasteiger partial charge in [-0.1, -0.05) is 0 Å². The monoisotopic (exact) mass is 222 g/mol. The van der Waals surface area contributed by atoms with Crippen LogP contribution >= 0.6 is 0 Å². The lowest BCUT2D eigenvalue weighted by Crippen LogP contribution is -1.91. The molecule has 0 saturated carbocycles. The van der Waals surface area contributed by atoms with E-state index in [-0.39, 0.29) is 22.6 Å². The third-order valence-corrected chi connectivity index (χ3v) is 1.94. The first-order valence-corrected chi connectivity index (χ1v) is 4.22. The molecule has 0 spiro atoms. The predicted octanol–water partition coefficient (Wildman–Crippen LogP) is 1.94. The fourth-order valence-corrected chi connectivity index (χ4v) is 1.16. The molecule has 0 bridgehead atoms. The second-order valence-electron chi connectivity index (χ2n) is 3.01. The number of carbonyl (C=O) groups is 2. The maximum absolute atomic E-state index is 10.6. The van der Waals surface area contributed by atoms with Gasteiger partial charge in [-0.05, 0) is 0 Å². The van der Waals surface area contributed by atoms with Gasteiger partial charge in [-0.2, -0.15) is 0 Å². The molecule has 2 N–H and O–H groups in total. The van der Waals surface area contributed by atoms with Crippen LogP contribution < -0.4 is 0 Å². The molecule has 0 atom stereocenters. The second-order valence-corrected chi connectivity index (χ2v) is 3.01. The van der Waals surface area contributed by atoms with Crippen molar-refractivity contribution in [3.8, 4) is 11.5 Å². The molecule has 0 unspecified atom stereocenters. The summed E-state index contributed by atoms with van der Waals surface area (Å²) in [6.07, 6.45) is 2.11. The second kappa shape index (κ2) is 3.58.